The predicted molar refractivity (Wildman–Crippen MR) is 105 cm³/mol. The van der Waals surface area contributed by atoms with Gasteiger partial charge in [0.2, 0.25) is 0 Å². The zero-order valence-electron chi connectivity index (χ0n) is 14.7. The summed E-state index contributed by atoms with van der Waals surface area (Å²) < 4.78 is 5.30. The van der Waals surface area contributed by atoms with Crippen LogP contribution in [0.2, 0.25) is 0 Å². The summed E-state index contributed by atoms with van der Waals surface area (Å²) in [6.07, 6.45) is 2.98. The molecule has 1 N–H and O–H groups in total. The second-order valence-electron chi connectivity index (χ2n) is 6.54. The molecule has 28 heavy (non-hydrogen) atoms. The van der Waals surface area contributed by atoms with E-state index in [0.717, 1.165) is 16.7 Å². The minimum absolute atomic E-state index is 0.0485. The van der Waals surface area contributed by atoms with E-state index in [2.05, 4.69) is 10.3 Å². The lowest BCUT2D eigenvalue weighted by Crippen LogP contribution is -2.12. The van der Waals surface area contributed by atoms with Crippen LogP contribution in [0.3, 0.4) is 0 Å². The number of nitrogens with one attached hydrogen (secondary N) is 1. The highest BCUT2D eigenvalue weighted by Crippen LogP contribution is 2.36. The molecule has 1 heterocycles. The lowest BCUT2D eigenvalue weighted by atomic mass is 10.0. The molecule has 0 bridgehead atoms. The first-order valence-electron chi connectivity index (χ1n) is 8.79. The third-order valence-electron chi connectivity index (χ3n) is 4.83. The number of ketones is 1. The number of nitrogens with zero attached hydrogens (tertiary/aromatic N) is 1. The van der Waals surface area contributed by atoms with Crippen LogP contribution in [0.25, 0.3) is 22.5 Å². The van der Waals surface area contributed by atoms with Gasteiger partial charge in [0, 0.05) is 27.9 Å². The molecule has 3 aromatic carbocycles. The fourth-order valence-corrected chi connectivity index (χ4v) is 3.48. The van der Waals surface area contributed by atoms with Gasteiger partial charge in [0.25, 0.3) is 5.91 Å². The second kappa shape index (κ2) is 6.32. The SMILES string of the molecule is O=C(Nc1cccc(-c2cnco2)c1)c1ccc2c(c1)C(=O)c1ccccc1-2. The maximum Gasteiger partial charge on any atom is 0.255 e. The zero-order valence-corrected chi connectivity index (χ0v) is 14.7. The Hall–Kier alpha value is -3.99. The van der Waals surface area contributed by atoms with E-state index in [-0.39, 0.29) is 11.7 Å². The fraction of sp³-hybridized carbons (Fsp3) is 0. The average molecular weight is 366 g/mol. The molecule has 0 atom stereocenters. The maximum atomic E-state index is 12.7. The quantitative estimate of drug-likeness (QED) is 0.498. The van der Waals surface area contributed by atoms with Crippen LogP contribution in [-0.2, 0) is 0 Å². The molecule has 1 amide bonds. The van der Waals surface area contributed by atoms with Gasteiger partial charge in [0.05, 0.1) is 6.20 Å². The van der Waals surface area contributed by atoms with E-state index in [0.29, 0.717) is 28.1 Å². The van der Waals surface area contributed by atoms with Gasteiger partial charge in [0.15, 0.2) is 17.9 Å². The van der Waals surface area contributed by atoms with Crippen molar-refractivity contribution >= 4 is 17.4 Å². The number of hydrogen-bond acceptors (Lipinski definition) is 4. The fourth-order valence-electron chi connectivity index (χ4n) is 3.48. The third kappa shape index (κ3) is 2.61. The molecule has 1 aromatic heterocycles. The molecule has 0 saturated heterocycles. The maximum absolute atomic E-state index is 12.7. The Morgan fingerprint density at radius 3 is 2.50 bits per heavy atom. The lowest BCUT2D eigenvalue weighted by molar-refractivity contribution is 0.102. The number of rotatable bonds is 3. The van der Waals surface area contributed by atoms with Crippen LogP contribution in [0.15, 0.2) is 83.7 Å². The predicted octanol–water partition coefficient (Wildman–Crippen LogP) is 4.81. The highest BCUT2D eigenvalue weighted by molar-refractivity contribution is 6.22. The highest BCUT2D eigenvalue weighted by Gasteiger charge is 2.27. The van der Waals surface area contributed by atoms with Crippen LogP contribution in [0, 0.1) is 0 Å². The number of aromatic nitrogens is 1. The standard InChI is InChI=1S/C23H14N2O3/c26-22-19-7-2-1-6-17(19)18-9-8-15(11-20(18)22)23(27)25-16-5-3-4-14(10-16)21-12-24-13-28-21/h1-13H,(H,25,27). The van der Waals surface area contributed by atoms with Crippen molar-refractivity contribution in [2.75, 3.05) is 5.32 Å². The molecule has 4 aromatic rings. The van der Waals surface area contributed by atoms with Gasteiger partial charge in [0.1, 0.15) is 0 Å². The Morgan fingerprint density at radius 2 is 1.68 bits per heavy atom. The topological polar surface area (TPSA) is 72.2 Å². The minimum atomic E-state index is -0.277. The van der Waals surface area contributed by atoms with Crippen molar-refractivity contribution in [2.45, 2.75) is 0 Å². The van der Waals surface area contributed by atoms with Gasteiger partial charge in [-0.15, -0.1) is 0 Å². The van der Waals surface area contributed by atoms with Crippen LogP contribution in [0.4, 0.5) is 5.69 Å². The Morgan fingerprint density at radius 1 is 0.857 bits per heavy atom. The van der Waals surface area contributed by atoms with Crippen molar-refractivity contribution in [1.29, 1.82) is 0 Å². The molecule has 1 aliphatic rings. The summed E-state index contributed by atoms with van der Waals surface area (Å²) in [4.78, 5) is 29.3. The molecule has 0 unspecified atom stereocenters. The monoisotopic (exact) mass is 366 g/mol. The summed E-state index contributed by atoms with van der Waals surface area (Å²) in [7, 11) is 0. The van der Waals surface area contributed by atoms with E-state index in [1.165, 1.54) is 6.39 Å². The van der Waals surface area contributed by atoms with Gasteiger partial charge in [-0.1, -0.05) is 42.5 Å². The number of oxazole rings is 1. The molecule has 1 aliphatic carbocycles. The van der Waals surface area contributed by atoms with Crippen molar-refractivity contribution in [1.82, 2.24) is 4.98 Å². The summed E-state index contributed by atoms with van der Waals surface area (Å²) in [6.45, 7) is 0. The van der Waals surface area contributed by atoms with E-state index < -0.39 is 0 Å². The molecule has 0 spiro atoms. The van der Waals surface area contributed by atoms with Crippen molar-refractivity contribution in [2.24, 2.45) is 0 Å². The normalized spacial score (nSPS) is 11.8. The number of hydrogen-bond donors (Lipinski definition) is 1. The zero-order chi connectivity index (χ0) is 19.1. The number of carbonyl (C=O) groups is 2. The largest absolute Gasteiger partial charge is 0.444 e. The first kappa shape index (κ1) is 16.2. The number of benzene rings is 3. The molecule has 5 heteroatoms. The van der Waals surface area contributed by atoms with E-state index >= 15 is 0 Å². The number of anilines is 1. The molecular weight excluding hydrogens is 352 g/mol. The summed E-state index contributed by atoms with van der Waals surface area (Å²) in [5.41, 5.74) is 4.90. The number of fused-ring (bicyclic) bond motifs is 3. The lowest BCUT2D eigenvalue weighted by Gasteiger charge is -2.08. The molecule has 0 saturated carbocycles. The van der Waals surface area contributed by atoms with Gasteiger partial charge in [-0.25, -0.2) is 4.98 Å². The van der Waals surface area contributed by atoms with Gasteiger partial charge >= 0.3 is 0 Å². The van der Waals surface area contributed by atoms with Crippen molar-refractivity contribution in [3.05, 3.63) is 96.0 Å². The van der Waals surface area contributed by atoms with Gasteiger partial charge in [-0.2, -0.15) is 0 Å². The van der Waals surface area contributed by atoms with E-state index in [1.54, 1.807) is 24.4 Å². The number of amides is 1. The first-order valence-corrected chi connectivity index (χ1v) is 8.79. The van der Waals surface area contributed by atoms with Crippen LogP contribution in [0.1, 0.15) is 26.3 Å². The average Bonchev–Trinajstić information content (AvgIpc) is 3.36. The van der Waals surface area contributed by atoms with Crippen LogP contribution in [-0.4, -0.2) is 16.7 Å². The summed E-state index contributed by atoms with van der Waals surface area (Å²) in [5, 5.41) is 2.88. The van der Waals surface area contributed by atoms with E-state index in [9.17, 15) is 9.59 Å². The molecule has 134 valence electrons. The van der Waals surface area contributed by atoms with Gasteiger partial charge in [-0.3, -0.25) is 9.59 Å². The second-order valence-corrected chi connectivity index (χ2v) is 6.54. The summed E-state index contributed by atoms with van der Waals surface area (Å²) in [6, 6.07) is 20.0. The van der Waals surface area contributed by atoms with Crippen LogP contribution < -0.4 is 5.32 Å². The molecule has 0 aliphatic heterocycles. The minimum Gasteiger partial charge on any atom is -0.444 e. The molecule has 0 radical (unpaired) electrons. The van der Waals surface area contributed by atoms with Crippen molar-refractivity contribution in [3.63, 3.8) is 0 Å². The van der Waals surface area contributed by atoms with Crippen LogP contribution >= 0.6 is 0 Å². The Bertz CT molecular complexity index is 1230. The summed E-state index contributed by atoms with van der Waals surface area (Å²) >= 11 is 0. The molecular formula is C23H14N2O3. The Kier molecular flexibility index (Phi) is 3.66. The highest BCUT2D eigenvalue weighted by atomic mass is 16.3. The Balaban J connectivity index is 1.43. The Labute approximate surface area is 160 Å². The van der Waals surface area contributed by atoms with Crippen molar-refractivity contribution < 1.29 is 14.0 Å². The first-order chi connectivity index (χ1) is 13.7. The molecule has 5 rings (SSSR count). The summed E-state index contributed by atoms with van der Waals surface area (Å²) in [5.74, 6) is 0.297. The van der Waals surface area contributed by atoms with Crippen LogP contribution in [0.5, 0.6) is 0 Å². The van der Waals surface area contributed by atoms with E-state index in [1.807, 2.05) is 48.5 Å². The number of carbonyl (C=O) groups excluding carboxylic acids is 2. The van der Waals surface area contributed by atoms with Crippen molar-refractivity contribution in [3.8, 4) is 22.5 Å². The molecule has 5 nitrogen and oxygen atoms in total. The van der Waals surface area contributed by atoms with Gasteiger partial charge in [-0.05, 0) is 35.4 Å². The smallest absolute Gasteiger partial charge is 0.255 e. The van der Waals surface area contributed by atoms with Gasteiger partial charge < -0.3 is 9.73 Å². The molecule has 0 fully saturated rings. The third-order valence-corrected chi connectivity index (χ3v) is 4.83. The van der Waals surface area contributed by atoms with E-state index in [4.69, 9.17) is 4.42 Å².